The lowest BCUT2D eigenvalue weighted by atomic mass is 9.90. The van der Waals surface area contributed by atoms with Crippen LogP contribution < -0.4 is 10.2 Å². The van der Waals surface area contributed by atoms with E-state index in [1.807, 2.05) is 13.1 Å². The zero-order valence-electron chi connectivity index (χ0n) is 9.81. The predicted molar refractivity (Wildman–Crippen MR) is 65.8 cm³/mol. The summed E-state index contributed by atoms with van der Waals surface area (Å²) in [5.74, 6) is -0.400. The van der Waals surface area contributed by atoms with Gasteiger partial charge in [0.15, 0.2) is 0 Å². The minimum atomic E-state index is -0.833. The van der Waals surface area contributed by atoms with Crippen LogP contribution in [0.15, 0.2) is 18.2 Å². The Balaban J connectivity index is 2.13. The topological polar surface area (TPSA) is 52.6 Å². The monoisotopic (exact) mass is 232 g/mol. The highest BCUT2D eigenvalue weighted by Crippen LogP contribution is 2.44. The van der Waals surface area contributed by atoms with Gasteiger partial charge in [-0.25, -0.2) is 4.79 Å². The van der Waals surface area contributed by atoms with Gasteiger partial charge in [0.2, 0.25) is 0 Å². The first-order valence-electron chi connectivity index (χ1n) is 6.00. The molecule has 1 aromatic carbocycles. The van der Waals surface area contributed by atoms with Crippen molar-refractivity contribution in [3.8, 4) is 0 Å². The number of likely N-dealkylation sites (N-methyl/N-ethyl adjacent to an activating group) is 1. The average Bonchev–Trinajstić information content (AvgIpc) is 2.64. The van der Waals surface area contributed by atoms with Gasteiger partial charge in [-0.2, -0.15) is 0 Å². The lowest BCUT2D eigenvalue weighted by molar-refractivity contribution is 0.0697. The van der Waals surface area contributed by atoms with E-state index in [2.05, 4.69) is 16.3 Å². The number of aromatic carboxylic acids is 1. The molecule has 90 valence electrons. The van der Waals surface area contributed by atoms with E-state index in [-0.39, 0.29) is 0 Å². The van der Waals surface area contributed by atoms with E-state index in [9.17, 15) is 9.90 Å². The van der Waals surface area contributed by atoms with Gasteiger partial charge < -0.3 is 15.3 Å². The van der Waals surface area contributed by atoms with E-state index in [0.29, 0.717) is 17.5 Å². The quantitative estimate of drug-likeness (QED) is 0.766. The molecule has 0 amide bonds. The molecule has 2 atom stereocenters. The fourth-order valence-electron chi connectivity index (χ4n) is 3.22. The molecule has 2 aliphatic heterocycles. The van der Waals surface area contributed by atoms with Crippen LogP contribution in [-0.2, 0) is 0 Å². The summed E-state index contributed by atoms with van der Waals surface area (Å²) in [5.41, 5.74) is 2.53. The largest absolute Gasteiger partial charge is 0.478 e. The fourth-order valence-corrected chi connectivity index (χ4v) is 3.22. The summed E-state index contributed by atoms with van der Waals surface area (Å²) in [7, 11) is 2.02. The molecule has 0 bridgehead atoms. The van der Waals surface area contributed by atoms with E-state index in [1.165, 1.54) is 5.56 Å². The van der Waals surface area contributed by atoms with Crippen LogP contribution in [0.2, 0.25) is 0 Å². The summed E-state index contributed by atoms with van der Waals surface area (Å²) < 4.78 is 0. The number of carboxylic acid groups (broad SMARTS) is 1. The van der Waals surface area contributed by atoms with E-state index < -0.39 is 5.97 Å². The lowest BCUT2D eigenvalue weighted by Gasteiger charge is -2.31. The van der Waals surface area contributed by atoms with Gasteiger partial charge in [0.25, 0.3) is 0 Å². The summed E-state index contributed by atoms with van der Waals surface area (Å²) in [6.45, 7) is 1.97. The zero-order valence-corrected chi connectivity index (χ0v) is 9.81. The number of piperidine rings is 1. The Kier molecular flexibility index (Phi) is 2.33. The van der Waals surface area contributed by atoms with Gasteiger partial charge >= 0.3 is 5.97 Å². The first kappa shape index (κ1) is 10.6. The van der Waals surface area contributed by atoms with E-state index in [4.69, 9.17) is 0 Å². The molecule has 0 saturated carbocycles. The third kappa shape index (κ3) is 1.44. The van der Waals surface area contributed by atoms with Gasteiger partial charge in [-0.3, -0.25) is 0 Å². The van der Waals surface area contributed by atoms with E-state index >= 15 is 0 Å². The van der Waals surface area contributed by atoms with Crippen LogP contribution in [-0.4, -0.2) is 37.3 Å². The van der Waals surface area contributed by atoms with Crippen molar-refractivity contribution in [2.24, 2.45) is 0 Å². The second-order valence-corrected chi connectivity index (χ2v) is 4.83. The minimum absolute atomic E-state index is 0.430. The molecule has 1 saturated heterocycles. The summed E-state index contributed by atoms with van der Waals surface area (Å²) in [6.07, 6.45) is 1.08. The second-order valence-electron chi connectivity index (χ2n) is 4.83. The zero-order chi connectivity index (χ0) is 12.0. The summed E-state index contributed by atoms with van der Waals surface area (Å²) in [6, 6.07) is 6.07. The van der Waals surface area contributed by atoms with Crippen molar-refractivity contribution in [2.45, 2.75) is 18.4 Å². The van der Waals surface area contributed by atoms with Crippen molar-refractivity contribution in [3.63, 3.8) is 0 Å². The van der Waals surface area contributed by atoms with Gasteiger partial charge in [0, 0.05) is 25.6 Å². The number of nitrogens with one attached hydrogen (secondary N) is 1. The van der Waals surface area contributed by atoms with Crippen LogP contribution in [0.25, 0.3) is 0 Å². The molecule has 2 heterocycles. The summed E-state index contributed by atoms with van der Waals surface area (Å²) in [4.78, 5) is 13.4. The first-order chi connectivity index (χ1) is 8.20. The minimum Gasteiger partial charge on any atom is -0.478 e. The first-order valence-corrected chi connectivity index (χ1v) is 6.00. The Morgan fingerprint density at radius 1 is 1.53 bits per heavy atom. The highest BCUT2D eigenvalue weighted by atomic mass is 16.4. The number of anilines is 1. The SMILES string of the molecule is CN1c2c(C(=O)O)cccc2C2CNCCC21. The molecule has 0 aliphatic carbocycles. The molecule has 0 spiro atoms. The molecule has 17 heavy (non-hydrogen) atoms. The van der Waals surface area contributed by atoms with Crippen LogP contribution >= 0.6 is 0 Å². The third-order valence-electron chi connectivity index (χ3n) is 3.99. The number of carboxylic acids is 1. The maximum absolute atomic E-state index is 11.3. The Labute approximate surface area is 100 Å². The molecule has 1 fully saturated rings. The Hall–Kier alpha value is -1.55. The lowest BCUT2D eigenvalue weighted by Crippen LogP contribution is -2.42. The number of para-hydroxylation sites is 1. The van der Waals surface area contributed by atoms with Crippen molar-refractivity contribution in [2.75, 3.05) is 25.0 Å². The van der Waals surface area contributed by atoms with Gasteiger partial charge in [0.05, 0.1) is 11.3 Å². The van der Waals surface area contributed by atoms with Crippen LogP contribution in [0.4, 0.5) is 5.69 Å². The molecule has 4 nitrogen and oxygen atoms in total. The molecule has 2 aliphatic rings. The number of hydrogen-bond donors (Lipinski definition) is 2. The van der Waals surface area contributed by atoms with Crippen molar-refractivity contribution in [3.05, 3.63) is 29.3 Å². The van der Waals surface area contributed by atoms with Gasteiger partial charge in [-0.1, -0.05) is 12.1 Å². The van der Waals surface area contributed by atoms with Crippen LogP contribution in [0.3, 0.4) is 0 Å². The summed E-state index contributed by atoms with van der Waals surface area (Å²) >= 11 is 0. The Morgan fingerprint density at radius 2 is 2.35 bits per heavy atom. The highest BCUT2D eigenvalue weighted by molar-refractivity contribution is 5.96. The molecule has 3 rings (SSSR count). The normalized spacial score (nSPS) is 26.5. The maximum atomic E-state index is 11.3. The number of benzene rings is 1. The van der Waals surface area contributed by atoms with Gasteiger partial charge in [-0.05, 0) is 24.6 Å². The maximum Gasteiger partial charge on any atom is 0.337 e. The number of hydrogen-bond acceptors (Lipinski definition) is 3. The summed E-state index contributed by atoms with van der Waals surface area (Å²) in [5, 5.41) is 12.7. The highest BCUT2D eigenvalue weighted by Gasteiger charge is 2.39. The third-order valence-corrected chi connectivity index (χ3v) is 3.99. The van der Waals surface area contributed by atoms with E-state index in [1.54, 1.807) is 6.07 Å². The van der Waals surface area contributed by atoms with Crippen LogP contribution in [0, 0.1) is 0 Å². The van der Waals surface area contributed by atoms with Crippen molar-refractivity contribution in [1.82, 2.24) is 5.32 Å². The molecule has 0 aromatic heterocycles. The van der Waals surface area contributed by atoms with Crippen LogP contribution in [0.5, 0.6) is 0 Å². The molecule has 4 heteroatoms. The van der Waals surface area contributed by atoms with Gasteiger partial charge in [-0.15, -0.1) is 0 Å². The Bertz CT molecular complexity index is 472. The van der Waals surface area contributed by atoms with E-state index in [0.717, 1.165) is 25.2 Å². The number of carbonyl (C=O) groups is 1. The smallest absolute Gasteiger partial charge is 0.337 e. The van der Waals surface area contributed by atoms with Crippen molar-refractivity contribution >= 4 is 11.7 Å². The predicted octanol–water partition coefficient (Wildman–Crippen LogP) is 1.28. The second kappa shape index (κ2) is 3.74. The fraction of sp³-hybridized carbons (Fsp3) is 0.462. The molecule has 2 unspecified atom stereocenters. The molecular formula is C13H16N2O2. The average molecular weight is 232 g/mol. The number of rotatable bonds is 1. The Morgan fingerprint density at radius 3 is 3.12 bits per heavy atom. The number of nitrogens with zero attached hydrogens (tertiary/aromatic N) is 1. The molecule has 1 aromatic rings. The molecular weight excluding hydrogens is 216 g/mol. The number of fused-ring (bicyclic) bond motifs is 3. The van der Waals surface area contributed by atoms with Crippen molar-refractivity contribution in [1.29, 1.82) is 0 Å². The van der Waals surface area contributed by atoms with Gasteiger partial charge in [0.1, 0.15) is 0 Å². The standard InChI is InChI=1S/C13H16N2O2/c1-15-11-5-6-14-7-10(11)8-3-2-4-9(12(8)15)13(16)17/h2-4,10-11,14H,5-7H2,1H3,(H,16,17). The molecule has 0 radical (unpaired) electrons. The van der Waals surface area contributed by atoms with Crippen LogP contribution in [0.1, 0.15) is 28.3 Å². The molecule has 2 N–H and O–H groups in total. The van der Waals surface area contributed by atoms with Crippen molar-refractivity contribution < 1.29 is 9.90 Å².